The second kappa shape index (κ2) is 6.42. The fourth-order valence-electron chi connectivity index (χ4n) is 3.03. The van der Waals surface area contributed by atoms with Crippen LogP contribution in [0.2, 0.25) is 0 Å². The van der Waals surface area contributed by atoms with E-state index in [1.165, 1.54) is 11.1 Å². The van der Waals surface area contributed by atoms with Crippen LogP contribution in [0.4, 0.5) is 0 Å². The summed E-state index contributed by atoms with van der Waals surface area (Å²) in [5.74, 6) is 0.586. The smallest absolute Gasteiger partial charge is 0.137 e. The van der Waals surface area contributed by atoms with Crippen LogP contribution < -0.4 is 0 Å². The van der Waals surface area contributed by atoms with Crippen molar-refractivity contribution in [2.24, 2.45) is 5.92 Å². The molecule has 2 heteroatoms. The Morgan fingerprint density at radius 2 is 1.62 bits per heavy atom. The molecule has 21 heavy (non-hydrogen) atoms. The van der Waals surface area contributed by atoms with E-state index < -0.39 is 0 Å². The maximum absolute atomic E-state index is 6.12. The van der Waals surface area contributed by atoms with Gasteiger partial charge in [0.1, 0.15) is 6.23 Å². The predicted octanol–water partition coefficient (Wildman–Crippen LogP) is 4.24. The molecule has 1 unspecified atom stereocenters. The van der Waals surface area contributed by atoms with Gasteiger partial charge in [-0.15, -0.1) is 0 Å². The highest BCUT2D eigenvalue weighted by atomic mass is 16.5. The molecule has 110 valence electrons. The molecule has 2 nitrogen and oxygen atoms in total. The van der Waals surface area contributed by atoms with Gasteiger partial charge in [0.15, 0.2) is 0 Å². The molecule has 0 radical (unpaired) electrons. The Morgan fingerprint density at radius 3 is 2.24 bits per heavy atom. The van der Waals surface area contributed by atoms with Crippen molar-refractivity contribution in [2.75, 3.05) is 6.61 Å². The van der Waals surface area contributed by atoms with Crippen molar-refractivity contribution in [3.8, 4) is 0 Å². The van der Waals surface area contributed by atoms with Crippen LogP contribution >= 0.6 is 0 Å². The first kappa shape index (κ1) is 14.3. The maximum Gasteiger partial charge on any atom is 0.137 e. The van der Waals surface area contributed by atoms with Gasteiger partial charge in [-0.25, -0.2) is 0 Å². The SMILES string of the molecule is CC(C)[C@H]1COC(c2ccccc2)N1Cc1ccccc1. The van der Waals surface area contributed by atoms with Gasteiger partial charge in [0.05, 0.1) is 6.61 Å². The Morgan fingerprint density at radius 1 is 1.00 bits per heavy atom. The number of benzene rings is 2. The lowest BCUT2D eigenvalue weighted by molar-refractivity contribution is 0.0223. The Hall–Kier alpha value is -1.64. The minimum absolute atomic E-state index is 0.0683. The Balaban J connectivity index is 1.86. The quantitative estimate of drug-likeness (QED) is 0.831. The lowest BCUT2D eigenvalue weighted by Crippen LogP contribution is -2.36. The van der Waals surface area contributed by atoms with Gasteiger partial charge in [0, 0.05) is 12.6 Å². The molecule has 1 fully saturated rings. The second-order valence-electron chi connectivity index (χ2n) is 6.07. The van der Waals surface area contributed by atoms with Gasteiger partial charge in [0.2, 0.25) is 0 Å². The molecule has 1 heterocycles. The highest BCUT2D eigenvalue weighted by Gasteiger charge is 2.36. The molecule has 0 saturated carbocycles. The van der Waals surface area contributed by atoms with Gasteiger partial charge in [-0.2, -0.15) is 0 Å². The molecule has 1 aliphatic rings. The molecule has 3 rings (SSSR count). The van der Waals surface area contributed by atoms with E-state index in [2.05, 4.69) is 79.4 Å². The molecular weight excluding hydrogens is 258 g/mol. The third kappa shape index (κ3) is 3.17. The van der Waals surface area contributed by atoms with E-state index in [4.69, 9.17) is 4.74 Å². The first-order chi connectivity index (χ1) is 10.3. The van der Waals surface area contributed by atoms with Crippen molar-refractivity contribution < 1.29 is 4.74 Å². The van der Waals surface area contributed by atoms with Gasteiger partial charge in [0.25, 0.3) is 0 Å². The van der Waals surface area contributed by atoms with E-state index in [0.29, 0.717) is 12.0 Å². The van der Waals surface area contributed by atoms with Crippen LogP contribution in [-0.2, 0) is 11.3 Å². The van der Waals surface area contributed by atoms with E-state index in [1.807, 2.05) is 0 Å². The van der Waals surface area contributed by atoms with Gasteiger partial charge < -0.3 is 4.74 Å². The van der Waals surface area contributed by atoms with E-state index >= 15 is 0 Å². The van der Waals surface area contributed by atoms with Crippen LogP contribution in [0.25, 0.3) is 0 Å². The molecule has 1 aliphatic heterocycles. The van der Waals surface area contributed by atoms with Crippen LogP contribution in [-0.4, -0.2) is 17.5 Å². The molecule has 0 amide bonds. The molecule has 2 aromatic rings. The van der Waals surface area contributed by atoms with Gasteiger partial charge >= 0.3 is 0 Å². The van der Waals surface area contributed by atoms with Crippen molar-refractivity contribution in [3.63, 3.8) is 0 Å². The summed E-state index contributed by atoms with van der Waals surface area (Å²) in [5.41, 5.74) is 2.59. The second-order valence-corrected chi connectivity index (χ2v) is 6.07. The van der Waals surface area contributed by atoms with Crippen LogP contribution in [0, 0.1) is 5.92 Å². The monoisotopic (exact) mass is 281 g/mol. The molecular formula is C19H23NO. The molecule has 1 saturated heterocycles. The predicted molar refractivity (Wildman–Crippen MR) is 85.7 cm³/mol. The zero-order valence-corrected chi connectivity index (χ0v) is 12.8. The molecule has 0 aromatic heterocycles. The lowest BCUT2D eigenvalue weighted by atomic mass is 10.0. The molecule has 0 aliphatic carbocycles. The largest absolute Gasteiger partial charge is 0.357 e. The first-order valence-electron chi connectivity index (χ1n) is 7.72. The third-order valence-corrected chi connectivity index (χ3v) is 4.21. The topological polar surface area (TPSA) is 12.5 Å². The maximum atomic E-state index is 6.12. The standard InChI is InChI=1S/C19H23NO/c1-15(2)18-14-21-19(17-11-7-4-8-12-17)20(18)13-16-9-5-3-6-10-16/h3-12,15,18-19H,13-14H2,1-2H3/t18-,19?/m1/s1. The van der Waals surface area contributed by atoms with Crippen LogP contribution in [0.15, 0.2) is 60.7 Å². The molecule has 0 N–H and O–H groups in total. The highest BCUT2D eigenvalue weighted by Crippen LogP contribution is 2.34. The Labute approximate surface area is 127 Å². The van der Waals surface area contributed by atoms with Crippen LogP contribution in [0.3, 0.4) is 0 Å². The molecule has 0 bridgehead atoms. The first-order valence-corrected chi connectivity index (χ1v) is 7.72. The van der Waals surface area contributed by atoms with Gasteiger partial charge in [-0.1, -0.05) is 74.5 Å². The lowest BCUT2D eigenvalue weighted by Gasteiger charge is -2.30. The fourth-order valence-corrected chi connectivity index (χ4v) is 3.03. The summed E-state index contributed by atoms with van der Waals surface area (Å²) in [6.07, 6.45) is 0.0683. The van der Waals surface area contributed by atoms with E-state index in [0.717, 1.165) is 13.2 Å². The van der Waals surface area contributed by atoms with Crippen molar-refractivity contribution in [3.05, 3.63) is 71.8 Å². The van der Waals surface area contributed by atoms with Crippen molar-refractivity contribution in [1.29, 1.82) is 0 Å². The number of hydrogen-bond acceptors (Lipinski definition) is 2. The van der Waals surface area contributed by atoms with Crippen LogP contribution in [0.5, 0.6) is 0 Å². The van der Waals surface area contributed by atoms with Gasteiger partial charge in [-0.3, -0.25) is 4.90 Å². The van der Waals surface area contributed by atoms with Crippen molar-refractivity contribution in [1.82, 2.24) is 4.90 Å². The van der Waals surface area contributed by atoms with E-state index in [-0.39, 0.29) is 6.23 Å². The normalized spacial score (nSPS) is 22.8. The average molecular weight is 281 g/mol. The number of rotatable bonds is 4. The zero-order valence-electron chi connectivity index (χ0n) is 12.8. The van der Waals surface area contributed by atoms with Crippen LogP contribution in [0.1, 0.15) is 31.2 Å². The number of ether oxygens (including phenoxy) is 1. The number of hydrogen-bond donors (Lipinski definition) is 0. The summed E-state index contributed by atoms with van der Waals surface area (Å²) in [7, 11) is 0. The summed E-state index contributed by atoms with van der Waals surface area (Å²) in [6, 6.07) is 21.7. The molecule has 2 atom stereocenters. The highest BCUT2D eigenvalue weighted by molar-refractivity contribution is 5.20. The van der Waals surface area contributed by atoms with Crippen molar-refractivity contribution in [2.45, 2.75) is 32.7 Å². The molecule has 0 spiro atoms. The number of nitrogens with zero attached hydrogens (tertiary/aromatic N) is 1. The minimum Gasteiger partial charge on any atom is -0.357 e. The average Bonchev–Trinajstić information content (AvgIpc) is 2.93. The van der Waals surface area contributed by atoms with Crippen molar-refractivity contribution >= 4 is 0 Å². The Bertz CT molecular complexity index is 552. The van der Waals surface area contributed by atoms with E-state index in [9.17, 15) is 0 Å². The Kier molecular flexibility index (Phi) is 4.37. The van der Waals surface area contributed by atoms with E-state index in [1.54, 1.807) is 0 Å². The summed E-state index contributed by atoms with van der Waals surface area (Å²) in [5, 5.41) is 0. The summed E-state index contributed by atoms with van der Waals surface area (Å²) < 4.78 is 6.12. The van der Waals surface area contributed by atoms with Gasteiger partial charge in [-0.05, 0) is 17.0 Å². The summed E-state index contributed by atoms with van der Waals surface area (Å²) >= 11 is 0. The third-order valence-electron chi connectivity index (χ3n) is 4.21. The fraction of sp³-hybridized carbons (Fsp3) is 0.368. The summed E-state index contributed by atoms with van der Waals surface area (Å²) in [4.78, 5) is 2.50. The summed E-state index contributed by atoms with van der Waals surface area (Å²) in [6.45, 7) is 6.30. The minimum atomic E-state index is 0.0683. The zero-order chi connectivity index (χ0) is 14.7. The molecule has 2 aromatic carbocycles.